The van der Waals surface area contributed by atoms with E-state index >= 15 is 0 Å². The van der Waals surface area contributed by atoms with Crippen LogP contribution < -0.4 is 10.1 Å². The van der Waals surface area contributed by atoms with Crippen molar-refractivity contribution in [2.75, 3.05) is 6.61 Å². The van der Waals surface area contributed by atoms with Gasteiger partial charge in [-0.25, -0.2) is 0 Å². The first-order valence-electron chi connectivity index (χ1n) is 6.04. The molecule has 0 radical (unpaired) electrons. The molecule has 0 atom stereocenters. The van der Waals surface area contributed by atoms with Gasteiger partial charge in [-0.2, -0.15) is 0 Å². The number of hydrogen-bond acceptors (Lipinski definition) is 3. The van der Waals surface area contributed by atoms with Gasteiger partial charge in [0, 0.05) is 17.1 Å². The van der Waals surface area contributed by atoms with Crippen LogP contribution in [0.15, 0.2) is 34.9 Å². The highest BCUT2D eigenvalue weighted by Gasteiger charge is 2.10. The molecular formula is C14H15Cl2NO2. The van der Waals surface area contributed by atoms with E-state index in [1.807, 2.05) is 25.1 Å². The summed E-state index contributed by atoms with van der Waals surface area (Å²) in [6.45, 7) is 3.73. The molecule has 0 aliphatic carbocycles. The molecule has 0 amide bonds. The monoisotopic (exact) mass is 299 g/mol. The lowest BCUT2D eigenvalue weighted by atomic mass is 10.2. The third kappa shape index (κ3) is 3.90. The Kier molecular flexibility index (Phi) is 5.14. The maximum Gasteiger partial charge on any atom is 0.142 e. The fourth-order valence-electron chi connectivity index (χ4n) is 1.78. The zero-order valence-corrected chi connectivity index (χ0v) is 12.1. The summed E-state index contributed by atoms with van der Waals surface area (Å²) in [5.74, 6) is 1.56. The molecule has 102 valence electrons. The van der Waals surface area contributed by atoms with Crippen molar-refractivity contribution in [2.45, 2.75) is 20.0 Å². The first-order valence-corrected chi connectivity index (χ1v) is 6.80. The normalized spacial score (nSPS) is 10.7. The zero-order chi connectivity index (χ0) is 13.7. The molecule has 0 aliphatic heterocycles. The van der Waals surface area contributed by atoms with E-state index in [1.54, 1.807) is 12.3 Å². The molecule has 0 unspecified atom stereocenters. The molecule has 1 aromatic carbocycles. The van der Waals surface area contributed by atoms with Crippen molar-refractivity contribution in [1.82, 2.24) is 5.32 Å². The largest absolute Gasteiger partial charge is 0.492 e. The van der Waals surface area contributed by atoms with Crippen molar-refractivity contribution in [2.24, 2.45) is 0 Å². The topological polar surface area (TPSA) is 34.4 Å². The van der Waals surface area contributed by atoms with Crippen LogP contribution in [-0.4, -0.2) is 6.61 Å². The highest BCUT2D eigenvalue weighted by Crippen LogP contribution is 2.32. The fraction of sp³-hybridized carbons (Fsp3) is 0.286. The molecule has 19 heavy (non-hydrogen) atoms. The van der Waals surface area contributed by atoms with Crippen molar-refractivity contribution in [3.8, 4) is 5.75 Å². The number of rotatable bonds is 6. The quantitative estimate of drug-likeness (QED) is 0.865. The van der Waals surface area contributed by atoms with Gasteiger partial charge < -0.3 is 14.5 Å². The Balaban J connectivity index is 2.05. The maximum atomic E-state index is 6.14. The van der Waals surface area contributed by atoms with Crippen LogP contribution in [0.25, 0.3) is 0 Å². The summed E-state index contributed by atoms with van der Waals surface area (Å²) in [5, 5.41) is 4.40. The Morgan fingerprint density at radius 2 is 2.11 bits per heavy atom. The molecule has 0 aliphatic rings. The van der Waals surface area contributed by atoms with Crippen molar-refractivity contribution in [3.05, 3.63) is 51.9 Å². The van der Waals surface area contributed by atoms with E-state index in [4.69, 9.17) is 32.4 Å². The lowest BCUT2D eigenvalue weighted by molar-refractivity contribution is 0.335. The average molecular weight is 300 g/mol. The van der Waals surface area contributed by atoms with Gasteiger partial charge in [0.2, 0.25) is 0 Å². The molecule has 3 nitrogen and oxygen atoms in total. The van der Waals surface area contributed by atoms with Crippen LogP contribution >= 0.6 is 23.2 Å². The Morgan fingerprint density at radius 1 is 1.26 bits per heavy atom. The maximum absolute atomic E-state index is 6.14. The van der Waals surface area contributed by atoms with E-state index in [0.717, 1.165) is 11.3 Å². The molecule has 0 saturated heterocycles. The molecule has 2 aromatic rings. The first kappa shape index (κ1) is 14.3. The predicted molar refractivity (Wildman–Crippen MR) is 76.9 cm³/mol. The number of hydrogen-bond donors (Lipinski definition) is 1. The fourth-order valence-corrected chi connectivity index (χ4v) is 2.37. The number of halogens is 2. The van der Waals surface area contributed by atoms with Crippen molar-refractivity contribution in [1.29, 1.82) is 0 Å². The standard InChI is InChI=1S/C14H15Cl2NO2/c1-2-18-14-10(6-11(15)7-13(14)16)8-17-9-12-4-3-5-19-12/h3-7,17H,2,8-9H2,1H3. The lowest BCUT2D eigenvalue weighted by Gasteiger charge is -2.13. The minimum Gasteiger partial charge on any atom is -0.492 e. The van der Waals surface area contributed by atoms with E-state index in [1.165, 1.54) is 0 Å². The third-order valence-electron chi connectivity index (χ3n) is 2.57. The molecule has 1 aromatic heterocycles. The van der Waals surface area contributed by atoms with E-state index in [2.05, 4.69) is 5.32 Å². The average Bonchev–Trinajstić information content (AvgIpc) is 2.86. The molecule has 5 heteroatoms. The van der Waals surface area contributed by atoms with E-state index in [-0.39, 0.29) is 0 Å². The summed E-state index contributed by atoms with van der Waals surface area (Å²) in [6.07, 6.45) is 1.65. The summed E-state index contributed by atoms with van der Waals surface area (Å²) in [7, 11) is 0. The SMILES string of the molecule is CCOc1c(Cl)cc(Cl)cc1CNCc1ccco1. The first-order chi connectivity index (χ1) is 9.20. The van der Waals surface area contributed by atoms with Crippen LogP contribution in [0, 0.1) is 0 Å². The molecule has 2 rings (SSSR count). The molecular weight excluding hydrogens is 285 g/mol. The van der Waals surface area contributed by atoms with E-state index in [0.29, 0.717) is 35.5 Å². The summed E-state index contributed by atoms with van der Waals surface area (Å²) in [5.41, 5.74) is 0.936. The summed E-state index contributed by atoms with van der Waals surface area (Å²) in [4.78, 5) is 0. The molecule has 1 N–H and O–H groups in total. The summed E-state index contributed by atoms with van der Waals surface area (Å²) < 4.78 is 10.8. The molecule has 1 heterocycles. The molecule has 0 spiro atoms. The number of furan rings is 1. The number of benzene rings is 1. The van der Waals surface area contributed by atoms with Crippen molar-refractivity contribution >= 4 is 23.2 Å². The van der Waals surface area contributed by atoms with Crippen LogP contribution in [0.2, 0.25) is 10.0 Å². The zero-order valence-electron chi connectivity index (χ0n) is 10.6. The van der Waals surface area contributed by atoms with Crippen LogP contribution in [0.3, 0.4) is 0 Å². The van der Waals surface area contributed by atoms with Gasteiger partial charge in [-0.05, 0) is 31.2 Å². The van der Waals surface area contributed by atoms with Crippen molar-refractivity contribution < 1.29 is 9.15 Å². The smallest absolute Gasteiger partial charge is 0.142 e. The highest BCUT2D eigenvalue weighted by molar-refractivity contribution is 6.35. The Labute approximate surface area is 122 Å². The number of nitrogens with one attached hydrogen (secondary N) is 1. The third-order valence-corrected chi connectivity index (χ3v) is 3.07. The van der Waals surface area contributed by atoms with Crippen LogP contribution in [0.1, 0.15) is 18.2 Å². The van der Waals surface area contributed by atoms with Gasteiger partial charge >= 0.3 is 0 Å². The molecule has 0 fully saturated rings. The minimum atomic E-state index is 0.532. The summed E-state index contributed by atoms with van der Waals surface area (Å²) in [6, 6.07) is 7.32. The summed E-state index contributed by atoms with van der Waals surface area (Å²) >= 11 is 12.2. The second-order valence-corrected chi connectivity index (χ2v) is 4.84. The van der Waals surface area contributed by atoms with Gasteiger partial charge in [-0.3, -0.25) is 0 Å². The van der Waals surface area contributed by atoms with Gasteiger partial charge in [0.25, 0.3) is 0 Å². The van der Waals surface area contributed by atoms with Gasteiger partial charge in [-0.1, -0.05) is 23.2 Å². The Bertz CT molecular complexity index is 526. The van der Waals surface area contributed by atoms with Gasteiger partial charge in [0.15, 0.2) is 0 Å². The Hall–Kier alpha value is -1.16. The van der Waals surface area contributed by atoms with Crippen LogP contribution in [0.5, 0.6) is 5.75 Å². The minimum absolute atomic E-state index is 0.532. The number of ether oxygens (including phenoxy) is 1. The van der Waals surface area contributed by atoms with Crippen LogP contribution in [-0.2, 0) is 13.1 Å². The van der Waals surface area contributed by atoms with Crippen molar-refractivity contribution in [3.63, 3.8) is 0 Å². The van der Waals surface area contributed by atoms with Gasteiger partial charge in [-0.15, -0.1) is 0 Å². The van der Waals surface area contributed by atoms with Gasteiger partial charge in [0.1, 0.15) is 11.5 Å². The van der Waals surface area contributed by atoms with E-state index in [9.17, 15) is 0 Å². The highest BCUT2D eigenvalue weighted by atomic mass is 35.5. The second kappa shape index (κ2) is 6.85. The second-order valence-electron chi connectivity index (χ2n) is 3.99. The van der Waals surface area contributed by atoms with Crippen LogP contribution in [0.4, 0.5) is 0 Å². The molecule has 0 saturated carbocycles. The van der Waals surface area contributed by atoms with Gasteiger partial charge in [0.05, 0.1) is 24.4 Å². The molecule has 0 bridgehead atoms. The lowest BCUT2D eigenvalue weighted by Crippen LogP contribution is -2.13. The predicted octanol–water partition coefficient (Wildman–Crippen LogP) is 4.27. The Morgan fingerprint density at radius 3 is 2.79 bits per heavy atom. The van der Waals surface area contributed by atoms with E-state index < -0.39 is 0 Å².